The first-order valence-electron chi connectivity index (χ1n) is 6.37. The van der Waals surface area contributed by atoms with Crippen molar-refractivity contribution in [2.24, 2.45) is 0 Å². The Morgan fingerprint density at radius 1 is 1.40 bits per heavy atom. The third kappa shape index (κ3) is 4.54. The van der Waals surface area contributed by atoms with Gasteiger partial charge in [-0.05, 0) is 43.0 Å². The SMILES string of the molecule is CC(Oc1cccc(Cl)c1)C(=O)NCCc1cccs1. The van der Waals surface area contributed by atoms with Crippen molar-refractivity contribution in [3.8, 4) is 5.75 Å². The summed E-state index contributed by atoms with van der Waals surface area (Å²) in [6, 6.07) is 11.1. The van der Waals surface area contributed by atoms with Crippen LogP contribution in [0.5, 0.6) is 5.75 Å². The minimum Gasteiger partial charge on any atom is -0.481 e. The van der Waals surface area contributed by atoms with E-state index in [4.69, 9.17) is 16.3 Å². The molecule has 0 saturated heterocycles. The fourth-order valence-corrected chi connectivity index (χ4v) is 2.59. The van der Waals surface area contributed by atoms with Crippen molar-refractivity contribution in [1.29, 1.82) is 0 Å². The summed E-state index contributed by atoms with van der Waals surface area (Å²) in [4.78, 5) is 13.2. The van der Waals surface area contributed by atoms with Crippen LogP contribution in [0.25, 0.3) is 0 Å². The Kier molecular flexibility index (Phi) is 5.44. The first-order chi connectivity index (χ1) is 9.65. The predicted octanol–water partition coefficient (Wildman–Crippen LogP) is 3.53. The number of hydrogen-bond acceptors (Lipinski definition) is 3. The first kappa shape index (κ1) is 14.9. The van der Waals surface area contributed by atoms with Crippen LogP contribution >= 0.6 is 22.9 Å². The van der Waals surface area contributed by atoms with Crippen LogP contribution in [0.4, 0.5) is 0 Å². The fourth-order valence-electron chi connectivity index (χ4n) is 1.71. The molecule has 1 N–H and O–H groups in total. The molecule has 1 aromatic carbocycles. The van der Waals surface area contributed by atoms with Crippen LogP contribution in [0.15, 0.2) is 41.8 Å². The van der Waals surface area contributed by atoms with Crippen LogP contribution in [0.1, 0.15) is 11.8 Å². The molecule has 0 aliphatic heterocycles. The van der Waals surface area contributed by atoms with E-state index in [2.05, 4.69) is 11.4 Å². The van der Waals surface area contributed by atoms with Crippen LogP contribution in [-0.4, -0.2) is 18.6 Å². The van der Waals surface area contributed by atoms with Crippen LogP contribution in [0, 0.1) is 0 Å². The first-order valence-corrected chi connectivity index (χ1v) is 7.63. The van der Waals surface area contributed by atoms with Gasteiger partial charge < -0.3 is 10.1 Å². The van der Waals surface area contributed by atoms with Crippen molar-refractivity contribution in [3.63, 3.8) is 0 Å². The van der Waals surface area contributed by atoms with Crippen molar-refractivity contribution in [1.82, 2.24) is 5.32 Å². The molecule has 0 aliphatic rings. The van der Waals surface area contributed by atoms with Gasteiger partial charge in [-0.25, -0.2) is 0 Å². The maximum absolute atomic E-state index is 11.9. The molecule has 20 heavy (non-hydrogen) atoms. The molecule has 0 saturated carbocycles. The third-order valence-electron chi connectivity index (χ3n) is 2.73. The number of amides is 1. The molecule has 5 heteroatoms. The molecular formula is C15H16ClNO2S. The van der Waals surface area contributed by atoms with E-state index < -0.39 is 6.10 Å². The number of ether oxygens (including phenoxy) is 1. The number of benzene rings is 1. The largest absolute Gasteiger partial charge is 0.481 e. The number of thiophene rings is 1. The highest BCUT2D eigenvalue weighted by molar-refractivity contribution is 7.09. The highest BCUT2D eigenvalue weighted by Gasteiger charge is 2.14. The average Bonchev–Trinajstić information content (AvgIpc) is 2.91. The lowest BCUT2D eigenvalue weighted by molar-refractivity contribution is -0.127. The van der Waals surface area contributed by atoms with E-state index in [1.807, 2.05) is 11.4 Å². The van der Waals surface area contributed by atoms with Gasteiger partial charge in [0.2, 0.25) is 0 Å². The Hall–Kier alpha value is -1.52. The summed E-state index contributed by atoms with van der Waals surface area (Å²) >= 11 is 7.56. The second-order valence-electron chi connectivity index (χ2n) is 4.34. The van der Waals surface area contributed by atoms with Gasteiger partial charge in [0.1, 0.15) is 5.75 Å². The van der Waals surface area contributed by atoms with Crippen molar-refractivity contribution in [2.45, 2.75) is 19.4 Å². The zero-order valence-electron chi connectivity index (χ0n) is 11.1. The lowest BCUT2D eigenvalue weighted by atomic mass is 10.3. The molecule has 1 atom stereocenters. The van der Waals surface area contributed by atoms with E-state index in [1.54, 1.807) is 42.5 Å². The molecule has 0 bridgehead atoms. The summed E-state index contributed by atoms with van der Waals surface area (Å²) < 4.78 is 5.55. The number of hydrogen-bond donors (Lipinski definition) is 1. The van der Waals surface area contributed by atoms with Crippen LogP contribution in [0.3, 0.4) is 0 Å². The van der Waals surface area contributed by atoms with Gasteiger partial charge in [0.25, 0.3) is 5.91 Å². The molecule has 2 rings (SSSR count). The summed E-state index contributed by atoms with van der Waals surface area (Å²) in [7, 11) is 0. The standard InChI is InChI=1S/C15H16ClNO2S/c1-11(19-13-5-2-4-12(16)10-13)15(18)17-8-7-14-6-3-9-20-14/h2-6,9-11H,7-8H2,1H3,(H,17,18). The Balaban J connectivity index is 1.77. The van der Waals surface area contributed by atoms with Gasteiger partial charge in [-0.1, -0.05) is 23.7 Å². The smallest absolute Gasteiger partial charge is 0.260 e. The summed E-state index contributed by atoms with van der Waals surface area (Å²) in [5.74, 6) is 0.472. The van der Waals surface area contributed by atoms with Crippen LogP contribution in [-0.2, 0) is 11.2 Å². The van der Waals surface area contributed by atoms with E-state index >= 15 is 0 Å². The monoisotopic (exact) mass is 309 g/mol. The zero-order chi connectivity index (χ0) is 14.4. The van der Waals surface area contributed by atoms with Gasteiger partial charge >= 0.3 is 0 Å². The molecule has 1 aromatic heterocycles. The van der Waals surface area contributed by atoms with E-state index in [9.17, 15) is 4.79 Å². The maximum Gasteiger partial charge on any atom is 0.260 e. The summed E-state index contributed by atoms with van der Waals surface area (Å²) in [6.07, 6.45) is 0.296. The van der Waals surface area contributed by atoms with Gasteiger partial charge in [-0.3, -0.25) is 4.79 Å². The Labute approximate surface area is 127 Å². The second-order valence-corrected chi connectivity index (χ2v) is 5.81. The molecule has 106 valence electrons. The molecule has 0 radical (unpaired) electrons. The van der Waals surface area contributed by atoms with Gasteiger partial charge in [0, 0.05) is 16.4 Å². The molecule has 1 unspecified atom stereocenters. The van der Waals surface area contributed by atoms with Gasteiger partial charge in [0.05, 0.1) is 0 Å². The molecule has 0 fully saturated rings. The Bertz CT molecular complexity index is 557. The van der Waals surface area contributed by atoms with E-state index in [0.717, 1.165) is 6.42 Å². The van der Waals surface area contributed by atoms with E-state index in [-0.39, 0.29) is 5.91 Å². The molecular weight excluding hydrogens is 294 g/mol. The molecule has 1 heterocycles. The van der Waals surface area contributed by atoms with Crippen molar-refractivity contribution < 1.29 is 9.53 Å². The third-order valence-corrected chi connectivity index (χ3v) is 3.90. The molecule has 0 spiro atoms. The highest BCUT2D eigenvalue weighted by Crippen LogP contribution is 2.18. The minimum atomic E-state index is -0.545. The van der Waals surface area contributed by atoms with Crippen molar-refractivity contribution >= 4 is 28.8 Å². The summed E-state index contributed by atoms with van der Waals surface area (Å²) in [5, 5.41) is 5.49. The quantitative estimate of drug-likeness (QED) is 0.886. The molecule has 1 amide bonds. The second kappa shape index (κ2) is 7.31. The number of carbonyl (C=O) groups excluding carboxylic acids is 1. The van der Waals surface area contributed by atoms with Crippen molar-refractivity contribution in [2.75, 3.05) is 6.54 Å². The van der Waals surface area contributed by atoms with Gasteiger partial charge in [-0.2, -0.15) is 0 Å². The van der Waals surface area contributed by atoms with E-state index in [1.165, 1.54) is 4.88 Å². The number of rotatable bonds is 6. The summed E-state index contributed by atoms with van der Waals surface area (Å²) in [5.41, 5.74) is 0. The number of carbonyl (C=O) groups is 1. The Morgan fingerprint density at radius 3 is 2.95 bits per heavy atom. The molecule has 2 aromatic rings. The van der Waals surface area contributed by atoms with Crippen LogP contribution < -0.4 is 10.1 Å². The van der Waals surface area contributed by atoms with Crippen molar-refractivity contribution in [3.05, 3.63) is 51.7 Å². The summed E-state index contributed by atoms with van der Waals surface area (Å²) in [6.45, 7) is 2.34. The minimum absolute atomic E-state index is 0.124. The molecule has 3 nitrogen and oxygen atoms in total. The zero-order valence-corrected chi connectivity index (χ0v) is 12.7. The number of halogens is 1. The van der Waals surface area contributed by atoms with Gasteiger partial charge in [-0.15, -0.1) is 11.3 Å². The van der Waals surface area contributed by atoms with Crippen LogP contribution in [0.2, 0.25) is 5.02 Å². The van der Waals surface area contributed by atoms with E-state index in [0.29, 0.717) is 17.3 Å². The normalized spacial score (nSPS) is 11.9. The topological polar surface area (TPSA) is 38.3 Å². The lowest BCUT2D eigenvalue weighted by Crippen LogP contribution is -2.37. The maximum atomic E-state index is 11.9. The molecule has 0 aliphatic carbocycles. The number of nitrogens with one attached hydrogen (secondary N) is 1. The van der Waals surface area contributed by atoms with Gasteiger partial charge in [0.15, 0.2) is 6.10 Å². The fraction of sp³-hybridized carbons (Fsp3) is 0.267. The average molecular weight is 310 g/mol. The Morgan fingerprint density at radius 2 is 2.25 bits per heavy atom. The predicted molar refractivity (Wildman–Crippen MR) is 82.6 cm³/mol. The lowest BCUT2D eigenvalue weighted by Gasteiger charge is -2.14. The highest BCUT2D eigenvalue weighted by atomic mass is 35.5.